The normalized spacial score (nSPS) is 14.9. The van der Waals surface area contributed by atoms with Crippen molar-refractivity contribution in [2.75, 3.05) is 32.8 Å². The fourth-order valence-electron chi connectivity index (χ4n) is 2.14. The summed E-state index contributed by atoms with van der Waals surface area (Å²) in [6.07, 6.45) is -0.390. The fraction of sp³-hybridized carbons (Fsp3) is 0.462. The monoisotopic (exact) mass is 295 g/mol. The van der Waals surface area contributed by atoms with E-state index in [4.69, 9.17) is 4.74 Å². The minimum Gasteiger partial charge on any atom is -0.494 e. The smallest absolute Gasteiger partial charge is 0.409 e. The molecule has 0 aromatic carbocycles. The van der Waals surface area contributed by atoms with Gasteiger partial charge in [0, 0.05) is 38.3 Å². The standard InChI is InChI=1S/C13H17N3O5/c1-2-21-13(20)16-5-3-15(4-6-16)12(19)9-7-10(17)14-11(18)8-9/h7-8H,2-6H2,1H3,(H2,14,17,18). The minimum atomic E-state index is -0.538. The Morgan fingerprint density at radius 1 is 1.24 bits per heavy atom. The van der Waals surface area contributed by atoms with E-state index in [0.29, 0.717) is 32.8 Å². The second-order valence-corrected chi connectivity index (χ2v) is 4.60. The van der Waals surface area contributed by atoms with Crippen molar-refractivity contribution in [3.63, 3.8) is 0 Å². The number of amides is 2. The van der Waals surface area contributed by atoms with Crippen LogP contribution in [0.4, 0.5) is 4.79 Å². The zero-order chi connectivity index (χ0) is 15.4. The van der Waals surface area contributed by atoms with Gasteiger partial charge in [-0.1, -0.05) is 0 Å². The molecule has 0 radical (unpaired) electrons. The van der Waals surface area contributed by atoms with Crippen LogP contribution in [0.2, 0.25) is 0 Å². The van der Waals surface area contributed by atoms with Crippen molar-refractivity contribution in [3.8, 4) is 5.88 Å². The molecule has 21 heavy (non-hydrogen) atoms. The second-order valence-electron chi connectivity index (χ2n) is 4.60. The largest absolute Gasteiger partial charge is 0.494 e. The maximum absolute atomic E-state index is 12.2. The Kier molecular flexibility index (Phi) is 4.46. The SMILES string of the molecule is CCOC(=O)N1CCN(C(=O)c2cc(O)[nH]c(=O)c2)CC1. The molecule has 2 rings (SSSR count). The summed E-state index contributed by atoms with van der Waals surface area (Å²) in [5.74, 6) is -0.698. The van der Waals surface area contributed by atoms with Gasteiger partial charge in [-0.05, 0) is 6.92 Å². The first-order valence-corrected chi connectivity index (χ1v) is 6.65. The summed E-state index contributed by atoms with van der Waals surface area (Å²) >= 11 is 0. The number of aromatic amines is 1. The second kappa shape index (κ2) is 6.29. The van der Waals surface area contributed by atoms with E-state index in [1.54, 1.807) is 6.92 Å². The van der Waals surface area contributed by atoms with Crippen LogP contribution >= 0.6 is 0 Å². The Hall–Kier alpha value is -2.51. The number of nitrogens with zero attached hydrogens (tertiary/aromatic N) is 2. The lowest BCUT2D eigenvalue weighted by molar-refractivity contribution is 0.0570. The molecule has 1 aromatic heterocycles. The van der Waals surface area contributed by atoms with Crippen LogP contribution in [0.25, 0.3) is 0 Å². The Morgan fingerprint density at radius 3 is 2.43 bits per heavy atom. The van der Waals surface area contributed by atoms with Gasteiger partial charge in [0.15, 0.2) is 5.88 Å². The van der Waals surface area contributed by atoms with Crippen molar-refractivity contribution in [2.24, 2.45) is 0 Å². The first-order valence-electron chi connectivity index (χ1n) is 6.65. The van der Waals surface area contributed by atoms with Crippen molar-refractivity contribution < 1.29 is 19.4 Å². The third-order valence-corrected chi connectivity index (χ3v) is 3.17. The Bertz CT molecular complexity index is 590. The molecule has 0 spiro atoms. The molecule has 114 valence electrons. The molecule has 0 unspecified atom stereocenters. The number of carbonyl (C=O) groups is 2. The number of aromatic hydroxyl groups is 1. The highest BCUT2D eigenvalue weighted by Crippen LogP contribution is 2.11. The Labute approximate surface area is 120 Å². The van der Waals surface area contributed by atoms with Crippen LogP contribution in [0, 0.1) is 0 Å². The number of rotatable bonds is 2. The number of pyridine rings is 1. The Morgan fingerprint density at radius 2 is 1.86 bits per heavy atom. The van der Waals surface area contributed by atoms with Gasteiger partial charge in [0.1, 0.15) is 0 Å². The predicted octanol–water partition coefficient (Wildman–Crippen LogP) is -0.00520. The fourth-order valence-corrected chi connectivity index (χ4v) is 2.14. The minimum absolute atomic E-state index is 0.126. The van der Waals surface area contributed by atoms with Crippen molar-refractivity contribution in [1.82, 2.24) is 14.8 Å². The summed E-state index contributed by atoms with van der Waals surface area (Å²) in [6.45, 7) is 3.50. The highest BCUT2D eigenvalue weighted by atomic mass is 16.6. The maximum atomic E-state index is 12.2. The molecule has 1 aliphatic heterocycles. The lowest BCUT2D eigenvalue weighted by atomic mass is 10.2. The van der Waals surface area contributed by atoms with Crippen LogP contribution in [-0.2, 0) is 4.74 Å². The topological polar surface area (TPSA) is 103 Å². The van der Waals surface area contributed by atoms with E-state index < -0.39 is 11.7 Å². The van der Waals surface area contributed by atoms with E-state index in [1.807, 2.05) is 0 Å². The molecule has 2 N–H and O–H groups in total. The molecule has 1 aliphatic rings. The lowest BCUT2D eigenvalue weighted by Crippen LogP contribution is -2.50. The van der Waals surface area contributed by atoms with Gasteiger partial charge in [0.25, 0.3) is 11.5 Å². The quantitative estimate of drug-likeness (QED) is 0.799. The van der Waals surface area contributed by atoms with E-state index >= 15 is 0 Å². The highest BCUT2D eigenvalue weighted by molar-refractivity contribution is 5.94. The van der Waals surface area contributed by atoms with Crippen molar-refractivity contribution >= 4 is 12.0 Å². The van der Waals surface area contributed by atoms with Gasteiger partial charge in [0.05, 0.1) is 12.2 Å². The molecule has 8 nitrogen and oxygen atoms in total. The molecular formula is C13H17N3O5. The van der Waals surface area contributed by atoms with E-state index in [-0.39, 0.29) is 17.4 Å². The molecule has 0 bridgehead atoms. The van der Waals surface area contributed by atoms with Crippen LogP contribution in [0.5, 0.6) is 5.88 Å². The number of carbonyl (C=O) groups excluding carboxylic acids is 2. The van der Waals surface area contributed by atoms with Crippen molar-refractivity contribution in [1.29, 1.82) is 0 Å². The van der Waals surface area contributed by atoms with Crippen LogP contribution in [0.15, 0.2) is 16.9 Å². The van der Waals surface area contributed by atoms with E-state index in [2.05, 4.69) is 4.98 Å². The maximum Gasteiger partial charge on any atom is 0.409 e. The number of hydrogen-bond acceptors (Lipinski definition) is 5. The van der Waals surface area contributed by atoms with Crippen LogP contribution in [-0.4, -0.2) is 64.7 Å². The van der Waals surface area contributed by atoms with Gasteiger partial charge in [-0.2, -0.15) is 0 Å². The van der Waals surface area contributed by atoms with Gasteiger partial charge in [-0.3, -0.25) is 14.6 Å². The molecule has 0 aliphatic carbocycles. The number of ether oxygens (including phenoxy) is 1. The van der Waals surface area contributed by atoms with Crippen LogP contribution in [0.1, 0.15) is 17.3 Å². The molecule has 0 atom stereocenters. The molecular weight excluding hydrogens is 278 g/mol. The molecule has 2 amide bonds. The van der Waals surface area contributed by atoms with Gasteiger partial charge >= 0.3 is 6.09 Å². The third-order valence-electron chi connectivity index (χ3n) is 3.17. The summed E-state index contributed by atoms with van der Waals surface area (Å²) in [6, 6.07) is 2.35. The van der Waals surface area contributed by atoms with Gasteiger partial charge < -0.3 is 19.6 Å². The summed E-state index contributed by atoms with van der Waals surface area (Å²) in [5.41, 5.74) is -0.413. The summed E-state index contributed by atoms with van der Waals surface area (Å²) in [7, 11) is 0. The van der Waals surface area contributed by atoms with E-state index in [9.17, 15) is 19.5 Å². The van der Waals surface area contributed by atoms with Gasteiger partial charge in [-0.15, -0.1) is 0 Å². The van der Waals surface area contributed by atoms with Crippen molar-refractivity contribution in [2.45, 2.75) is 6.92 Å². The zero-order valence-corrected chi connectivity index (χ0v) is 11.7. The van der Waals surface area contributed by atoms with E-state index in [1.165, 1.54) is 15.9 Å². The molecule has 2 heterocycles. The van der Waals surface area contributed by atoms with Crippen LogP contribution < -0.4 is 5.56 Å². The summed E-state index contributed by atoms with van der Waals surface area (Å²) < 4.78 is 4.90. The van der Waals surface area contributed by atoms with Crippen LogP contribution in [0.3, 0.4) is 0 Å². The van der Waals surface area contributed by atoms with Crippen molar-refractivity contribution in [3.05, 3.63) is 28.0 Å². The molecule has 1 aromatic rings. The molecule has 8 heteroatoms. The number of piperazine rings is 1. The number of nitrogens with one attached hydrogen (secondary N) is 1. The lowest BCUT2D eigenvalue weighted by Gasteiger charge is -2.34. The first kappa shape index (κ1) is 14.9. The average molecular weight is 295 g/mol. The highest BCUT2D eigenvalue weighted by Gasteiger charge is 2.25. The predicted molar refractivity (Wildman–Crippen MR) is 73.2 cm³/mol. The average Bonchev–Trinajstić information content (AvgIpc) is 2.46. The number of H-pyrrole nitrogens is 1. The van der Waals surface area contributed by atoms with Gasteiger partial charge in [0.2, 0.25) is 0 Å². The summed E-state index contributed by atoms with van der Waals surface area (Å²) in [5, 5.41) is 9.32. The number of hydrogen-bond donors (Lipinski definition) is 2. The third kappa shape index (κ3) is 3.53. The zero-order valence-electron chi connectivity index (χ0n) is 11.7. The molecule has 1 fully saturated rings. The first-order chi connectivity index (χ1) is 10.0. The number of aromatic nitrogens is 1. The Balaban J connectivity index is 2.00. The molecule has 0 saturated carbocycles. The van der Waals surface area contributed by atoms with Gasteiger partial charge in [-0.25, -0.2) is 4.79 Å². The van der Waals surface area contributed by atoms with E-state index in [0.717, 1.165) is 6.07 Å². The summed E-state index contributed by atoms with van der Waals surface area (Å²) in [4.78, 5) is 40.3. The molecule has 1 saturated heterocycles.